The highest BCUT2D eigenvalue weighted by Gasteiger charge is 2.25. The maximum absolute atomic E-state index is 12.3. The van der Waals surface area contributed by atoms with Gasteiger partial charge < -0.3 is 5.11 Å². The average Bonchev–Trinajstić information content (AvgIpc) is 2.61. The van der Waals surface area contributed by atoms with Crippen LogP contribution in [0.4, 0.5) is 0 Å². The molecule has 0 aliphatic rings. The predicted octanol–water partition coefficient (Wildman–Crippen LogP) is 0.827. The van der Waals surface area contributed by atoms with Gasteiger partial charge >= 0.3 is 5.97 Å². The Kier molecular flexibility index (Phi) is 5.07. The zero-order valence-electron chi connectivity index (χ0n) is 11.8. The van der Waals surface area contributed by atoms with E-state index in [1.807, 2.05) is 0 Å². The largest absolute Gasteiger partial charge is 0.481 e. The second kappa shape index (κ2) is 6.19. The van der Waals surface area contributed by atoms with E-state index < -0.39 is 22.0 Å². The summed E-state index contributed by atoms with van der Waals surface area (Å²) in [5.41, 5.74) is 0.768. The van der Waals surface area contributed by atoms with Crippen molar-refractivity contribution < 1.29 is 18.3 Å². The lowest BCUT2D eigenvalue weighted by Gasteiger charge is -2.10. The summed E-state index contributed by atoms with van der Waals surface area (Å²) in [5, 5.41) is 12.8. The van der Waals surface area contributed by atoms with Crippen molar-refractivity contribution in [3.05, 3.63) is 24.0 Å². The lowest BCUT2D eigenvalue weighted by Crippen LogP contribution is -2.31. The number of carboxylic acids is 1. The molecule has 0 bridgehead atoms. The van der Waals surface area contributed by atoms with Crippen molar-refractivity contribution in [1.82, 2.24) is 14.5 Å². The number of nitrogens with one attached hydrogen (secondary N) is 1. The van der Waals surface area contributed by atoms with Gasteiger partial charge in [0, 0.05) is 6.04 Å². The van der Waals surface area contributed by atoms with Gasteiger partial charge in [-0.05, 0) is 20.8 Å². The zero-order valence-corrected chi connectivity index (χ0v) is 12.6. The smallest absolute Gasteiger partial charge is 0.305 e. The molecule has 1 aromatic heterocycles. The van der Waals surface area contributed by atoms with Crippen LogP contribution >= 0.6 is 0 Å². The minimum Gasteiger partial charge on any atom is -0.481 e. The van der Waals surface area contributed by atoms with Crippen molar-refractivity contribution >= 4 is 16.0 Å². The molecule has 1 heterocycles. The van der Waals surface area contributed by atoms with E-state index in [1.54, 1.807) is 20.8 Å². The predicted molar refractivity (Wildman–Crippen MR) is 73.9 cm³/mol. The summed E-state index contributed by atoms with van der Waals surface area (Å²) in [6, 6.07) is -0.402. The molecule has 0 aromatic carbocycles. The molecular formula is C12H19N3O4S. The number of hydrogen-bond acceptors (Lipinski definition) is 4. The Morgan fingerprint density at radius 1 is 1.55 bits per heavy atom. The van der Waals surface area contributed by atoms with Crippen LogP contribution in [0.25, 0.3) is 0 Å². The molecule has 1 aromatic rings. The second-order valence-corrected chi connectivity index (χ2v) is 6.16. The van der Waals surface area contributed by atoms with Crippen LogP contribution in [0.1, 0.15) is 24.7 Å². The van der Waals surface area contributed by atoms with Crippen LogP contribution in [0.5, 0.6) is 0 Å². The number of nitrogens with zero attached hydrogens (tertiary/aromatic N) is 2. The van der Waals surface area contributed by atoms with Crippen molar-refractivity contribution in [3.8, 4) is 0 Å². The highest BCUT2D eigenvalue weighted by atomic mass is 32.2. The second-order valence-electron chi connectivity index (χ2n) is 4.51. The molecule has 0 saturated heterocycles. The minimum atomic E-state index is -3.70. The molecule has 1 atom stereocenters. The molecule has 1 rings (SSSR count). The quantitative estimate of drug-likeness (QED) is 0.726. The van der Waals surface area contributed by atoms with Gasteiger partial charge in [-0.25, -0.2) is 13.1 Å². The molecule has 0 spiro atoms. The molecule has 0 radical (unpaired) electrons. The maximum Gasteiger partial charge on any atom is 0.305 e. The normalized spacial score (nSPS) is 13.2. The fourth-order valence-corrected chi connectivity index (χ4v) is 3.47. The van der Waals surface area contributed by atoms with Crippen LogP contribution in [0, 0.1) is 13.8 Å². The van der Waals surface area contributed by atoms with Gasteiger partial charge in [0.2, 0.25) is 10.0 Å². The first kappa shape index (κ1) is 16.4. The number of aliphatic carboxylic acids is 1. The van der Waals surface area contributed by atoms with Crippen molar-refractivity contribution in [3.63, 3.8) is 0 Å². The third-order valence-electron chi connectivity index (χ3n) is 2.82. The summed E-state index contributed by atoms with van der Waals surface area (Å²) in [6.45, 7) is 8.52. The van der Waals surface area contributed by atoms with E-state index in [4.69, 9.17) is 5.11 Å². The van der Waals surface area contributed by atoms with Gasteiger partial charge in [0.25, 0.3) is 0 Å². The molecule has 0 fully saturated rings. The number of aryl methyl sites for hydroxylation is 2. The van der Waals surface area contributed by atoms with Crippen molar-refractivity contribution in [1.29, 1.82) is 0 Å². The number of carbonyl (C=O) groups is 1. The fraction of sp³-hybridized carbons (Fsp3) is 0.500. The molecule has 0 amide bonds. The van der Waals surface area contributed by atoms with Crippen molar-refractivity contribution in [2.24, 2.45) is 0 Å². The van der Waals surface area contributed by atoms with Gasteiger partial charge in [-0.1, -0.05) is 6.08 Å². The number of aromatic nitrogens is 2. The molecule has 8 heteroatoms. The molecule has 2 N–H and O–H groups in total. The Balaban J connectivity index is 3.13. The van der Waals surface area contributed by atoms with Crippen LogP contribution in [-0.2, 0) is 21.4 Å². The fourth-order valence-electron chi connectivity index (χ4n) is 1.84. The molecule has 0 saturated carbocycles. The third kappa shape index (κ3) is 3.67. The summed E-state index contributed by atoms with van der Waals surface area (Å²) < 4.78 is 28.4. The van der Waals surface area contributed by atoms with Crippen molar-refractivity contribution in [2.45, 2.75) is 44.7 Å². The van der Waals surface area contributed by atoms with E-state index in [0.717, 1.165) is 0 Å². The van der Waals surface area contributed by atoms with Crippen molar-refractivity contribution in [2.75, 3.05) is 0 Å². The van der Waals surface area contributed by atoms with E-state index >= 15 is 0 Å². The van der Waals surface area contributed by atoms with Gasteiger partial charge in [0.1, 0.15) is 4.90 Å². The molecule has 1 unspecified atom stereocenters. The molecule has 7 nitrogen and oxygen atoms in total. The summed E-state index contributed by atoms with van der Waals surface area (Å²) in [4.78, 5) is 10.7. The molecular weight excluding hydrogens is 282 g/mol. The first-order valence-corrected chi connectivity index (χ1v) is 7.58. The lowest BCUT2D eigenvalue weighted by atomic mass is 10.4. The summed E-state index contributed by atoms with van der Waals surface area (Å²) in [5.74, 6) is -0.958. The number of rotatable bonds is 7. The van der Waals surface area contributed by atoms with Crippen LogP contribution in [0.2, 0.25) is 0 Å². The highest BCUT2D eigenvalue weighted by Crippen LogP contribution is 2.19. The molecule has 0 aliphatic heterocycles. The van der Waals surface area contributed by atoms with Crippen LogP contribution in [0.15, 0.2) is 17.6 Å². The van der Waals surface area contributed by atoms with Gasteiger partial charge in [0.05, 0.1) is 24.4 Å². The molecule has 112 valence electrons. The van der Waals surface area contributed by atoms with E-state index in [-0.39, 0.29) is 17.9 Å². The van der Waals surface area contributed by atoms with Crippen LogP contribution in [0.3, 0.4) is 0 Å². The molecule has 0 aliphatic carbocycles. The number of carboxylic acid groups (broad SMARTS) is 1. The topological polar surface area (TPSA) is 101 Å². The number of hydrogen-bond donors (Lipinski definition) is 2. The van der Waals surface area contributed by atoms with E-state index in [2.05, 4.69) is 16.4 Å². The maximum atomic E-state index is 12.3. The lowest BCUT2D eigenvalue weighted by molar-refractivity contribution is -0.137. The van der Waals surface area contributed by atoms with Crippen LogP contribution < -0.4 is 4.72 Å². The van der Waals surface area contributed by atoms with E-state index in [1.165, 1.54) is 10.8 Å². The van der Waals surface area contributed by atoms with Crippen LogP contribution in [-0.4, -0.2) is 35.3 Å². The average molecular weight is 301 g/mol. The summed E-state index contributed by atoms with van der Waals surface area (Å²) in [6.07, 6.45) is 1.37. The minimum absolute atomic E-state index is 0.0941. The van der Waals surface area contributed by atoms with Gasteiger partial charge in [-0.3, -0.25) is 9.48 Å². The Hall–Kier alpha value is -1.67. The first-order chi connectivity index (χ1) is 9.19. The van der Waals surface area contributed by atoms with E-state index in [9.17, 15) is 13.2 Å². The SMILES string of the molecule is C=CC(C)NS(=O)(=O)c1c(C)nn(CCC(=O)O)c1C. The van der Waals surface area contributed by atoms with Gasteiger partial charge in [-0.15, -0.1) is 6.58 Å². The number of sulfonamides is 1. The highest BCUT2D eigenvalue weighted by molar-refractivity contribution is 7.89. The van der Waals surface area contributed by atoms with E-state index in [0.29, 0.717) is 11.4 Å². The first-order valence-electron chi connectivity index (χ1n) is 6.09. The Bertz CT molecular complexity index is 619. The standard InChI is InChI=1S/C12H19N3O4S/c1-5-8(2)14-20(18,19)12-9(3)13-15(10(12)4)7-6-11(16)17/h5,8,14H,1,6-7H2,2-4H3,(H,16,17). The zero-order chi connectivity index (χ0) is 15.5. The third-order valence-corrected chi connectivity index (χ3v) is 4.63. The van der Waals surface area contributed by atoms with Gasteiger partial charge in [-0.2, -0.15) is 5.10 Å². The monoisotopic (exact) mass is 301 g/mol. The molecule has 20 heavy (non-hydrogen) atoms. The summed E-state index contributed by atoms with van der Waals surface area (Å²) in [7, 11) is -3.70. The Morgan fingerprint density at radius 2 is 2.15 bits per heavy atom. The summed E-state index contributed by atoms with van der Waals surface area (Å²) >= 11 is 0. The Labute approximate surface area is 118 Å². The Morgan fingerprint density at radius 3 is 2.65 bits per heavy atom. The van der Waals surface area contributed by atoms with Gasteiger partial charge in [0.15, 0.2) is 0 Å².